The highest BCUT2D eigenvalue weighted by Gasteiger charge is 2.40. The maximum atomic E-state index is 13.2. The Balaban J connectivity index is 1.30. The lowest BCUT2D eigenvalue weighted by Gasteiger charge is -2.39. The van der Waals surface area contributed by atoms with Crippen LogP contribution in [0.5, 0.6) is 5.75 Å². The number of nitrogens with one attached hydrogen (secondary N) is 1. The van der Waals surface area contributed by atoms with E-state index in [0.29, 0.717) is 12.1 Å². The highest BCUT2D eigenvalue weighted by atomic mass is 35.5. The summed E-state index contributed by atoms with van der Waals surface area (Å²) in [5.41, 5.74) is 0.722. The predicted octanol–water partition coefficient (Wildman–Crippen LogP) is 4.08. The third kappa shape index (κ3) is 5.14. The molecule has 2 saturated heterocycles. The van der Waals surface area contributed by atoms with Gasteiger partial charge in [-0.25, -0.2) is 4.39 Å². The molecule has 0 saturated carbocycles. The number of amides is 1. The Bertz CT molecular complexity index is 958. The molecule has 1 amide bonds. The molecule has 2 aromatic carbocycles. The monoisotopic (exact) mass is 447 g/mol. The van der Waals surface area contributed by atoms with Crippen molar-refractivity contribution in [2.45, 2.75) is 50.4 Å². The van der Waals surface area contributed by atoms with Gasteiger partial charge in [-0.15, -0.1) is 0 Å². The molecule has 4 rings (SSSR count). The van der Waals surface area contributed by atoms with Crippen molar-refractivity contribution in [3.8, 4) is 5.75 Å². The van der Waals surface area contributed by atoms with Crippen LogP contribution in [0.25, 0.3) is 0 Å². The third-order valence-corrected chi connectivity index (χ3v) is 6.26. The van der Waals surface area contributed by atoms with E-state index >= 15 is 0 Å². The van der Waals surface area contributed by atoms with Gasteiger partial charge in [0.15, 0.2) is 12.4 Å². The number of nitrogens with zero attached hydrogens (tertiary/aromatic N) is 2. The molecule has 2 bridgehead atoms. The molecule has 1 N–H and O–H groups in total. The fraction of sp³-hybridized carbons (Fsp3) is 0.409. The second-order valence-corrected chi connectivity index (χ2v) is 8.51. The van der Waals surface area contributed by atoms with Crippen LogP contribution in [-0.2, 0) is 11.3 Å². The first-order valence-electron chi connectivity index (χ1n) is 10.3. The number of benzene rings is 2. The van der Waals surface area contributed by atoms with Gasteiger partial charge in [0.25, 0.3) is 5.91 Å². The van der Waals surface area contributed by atoms with Crippen LogP contribution in [0.3, 0.4) is 0 Å². The van der Waals surface area contributed by atoms with Crippen molar-refractivity contribution in [1.29, 1.82) is 0 Å². The summed E-state index contributed by atoms with van der Waals surface area (Å²) in [6, 6.07) is 11.7. The maximum absolute atomic E-state index is 13.2. The number of hydrogen-bond donors (Lipinski definition) is 1. The quantitative estimate of drug-likeness (QED) is 0.510. The number of hydrogen-bond acceptors (Lipinski definition) is 5. The van der Waals surface area contributed by atoms with E-state index in [9.17, 15) is 19.3 Å². The topological polar surface area (TPSA) is 84.7 Å². The molecular weight excluding hydrogens is 425 g/mol. The van der Waals surface area contributed by atoms with Crippen molar-refractivity contribution < 1.29 is 18.8 Å². The van der Waals surface area contributed by atoms with Gasteiger partial charge in [-0.2, -0.15) is 0 Å². The predicted molar refractivity (Wildman–Crippen MR) is 114 cm³/mol. The number of nitro benzene ring substituents is 1. The van der Waals surface area contributed by atoms with Crippen molar-refractivity contribution in [2.75, 3.05) is 6.61 Å². The molecular formula is C22H23ClFN3O4. The summed E-state index contributed by atoms with van der Waals surface area (Å²) in [5.74, 6) is -1.20. The van der Waals surface area contributed by atoms with Crippen LogP contribution < -0.4 is 10.1 Å². The first-order valence-corrected chi connectivity index (χ1v) is 10.6. The number of carbonyl (C=O) groups excluding carboxylic acids is 1. The Morgan fingerprint density at radius 2 is 1.87 bits per heavy atom. The molecule has 0 spiro atoms. The summed E-state index contributed by atoms with van der Waals surface area (Å²) in [4.78, 5) is 25.2. The lowest BCUT2D eigenvalue weighted by atomic mass is 9.96. The molecule has 0 aliphatic carbocycles. The number of rotatable bonds is 7. The zero-order valence-corrected chi connectivity index (χ0v) is 17.6. The molecule has 31 heavy (non-hydrogen) atoms. The summed E-state index contributed by atoms with van der Waals surface area (Å²) >= 11 is 5.97. The molecule has 2 aliphatic rings. The highest BCUT2D eigenvalue weighted by Crippen LogP contribution is 2.37. The fourth-order valence-electron chi connectivity index (χ4n) is 4.62. The average molecular weight is 448 g/mol. The fourth-order valence-corrected chi connectivity index (χ4v) is 4.74. The van der Waals surface area contributed by atoms with Crippen molar-refractivity contribution in [3.05, 3.63) is 69.0 Å². The number of fused-ring (bicyclic) bond motifs is 2. The van der Waals surface area contributed by atoms with Crippen LogP contribution in [0.2, 0.25) is 5.02 Å². The van der Waals surface area contributed by atoms with E-state index in [-0.39, 0.29) is 24.3 Å². The lowest BCUT2D eigenvalue weighted by Crippen LogP contribution is -2.50. The van der Waals surface area contributed by atoms with Crippen LogP contribution in [0.1, 0.15) is 31.2 Å². The first kappa shape index (κ1) is 21.5. The second kappa shape index (κ2) is 9.20. The van der Waals surface area contributed by atoms with Gasteiger partial charge in [0.05, 0.1) is 11.0 Å². The van der Waals surface area contributed by atoms with Gasteiger partial charge in [-0.1, -0.05) is 23.7 Å². The highest BCUT2D eigenvalue weighted by molar-refractivity contribution is 6.30. The summed E-state index contributed by atoms with van der Waals surface area (Å²) in [6.45, 7) is 0.511. The van der Waals surface area contributed by atoms with E-state index in [0.717, 1.165) is 55.4 Å². The minimum atomic E-state index is -0.732. The van der Waals surface area contributed by atoms with E-state index in [1.54, 1.807) is 0 Å². The molecule has 7 nitrogen and oxygen atoms in total. The third-order valence-electron chi connectivity index (χ3n) is 6.00. The Kier molecular flexibility index (Phi) is 6.38. The summed E-state index contributed by atoms with van der Waals surface area (Å²) < 4.78 is 18.5. The summed E-state index contributed by atoms with van der Waals surface area (Å²) in [7, 11) is 0. The van der Waals surface area contributed by atoms with E-state index < -0.39 is 16.4 Å². The molecule has 9 heteroatoms. The van der Waals surface area contributed by atoms with Crippen LogP contribution in [0, 0.1) is 15.9 Å². The van der Waals surface area contributed by atoms with Gasteiger partial charge in [0.1, 0.15) is 5.82 Å². The minimum absolute atomic E-state index is 0.0401. The maximum Gasteiger partial charge on any atom is 0.313 e. The average Bonchev–Trinajstić information content (AvgIpc) is 2.96. The number of halogens is 2. The number of piperidine rings is 1. The van der Waals surface area contributed by atoms with Crippen LogP contribution in [0.4, 0.5) is 10.1 Å². The van der Waals surface area contributed by atoms with E-state index in [2.05, 4.69) is 10.2 Å². The molecule has 2 aliphatic heterocycles. The molecule has 0 radical (unpaired) electrons. The molecule has 2 heterocycles. The summed E-state index contributed by atoms with van der Waals surface area (Å²) in [6.07, 6.45) is 3.91. The minimum Gasteiger partial charge on any atom is -0.477 e. The smallest absolute Gasteiger partial charge is 0.313 e. The Hall–Kier alpha value is -2.71. The Morgan fingerprint density at radius 3 is 2.52 bits per heavy atom. The SMILES string of the molecule is O=C(COc1ccc(F)cc1[N+](=O)[O-])NC1C[C@H]2CC[C@@H](C1)N2Cc1ccc(Cl)cc1. The normalized spacial score (nSPS) is 22.8. The van der Waals surface area contributed by atoms with Crippen molar-refractivity contribution in [2.24, 2.45) is 0 Å². The van der Waals surface area contributed by atoms with Crippen LogP contribution >= 0.6 is 11.6 Å². The van der Waals surface area contributed by atoms with Gasteiger partial charge in [0, 0.05) is 29.7 Å². The van der Waals surface area contributed by atoms with Crippen molar-refractivity contribution >= 4 is 23.2 Å². The summed E-state index contributed by atoms with van der Waals surface area (Å²) in [5, 5.41) is 14.8. The van der Waals surface area contributed by atoms with Gasteiger partial charge in [0.2, 0.25) is 0 Å². The van der Waals surface area contributed by atoms with Crippen LogP contribution in [-0.4, -0.2) is 40.5 Å². The van der Waals surface area contributed by atoms with E-state index in [4.69, 9.17) is 16.3 Å². The van der Waals surface area contributed by atoms with E-state index in [1.165, 1.54) is 5.56 Å². The van der Waals surface area contributed by atoms with Crippen molar-refractivity contribution in [1.82, 2.24) is 10.2 Å². The molecule has 3 atom stereocenters. The second-order valence-electron chi connectivity index (χ2n) is 8.08. The number of ether oxygens (including phenoxy) is 1. The van der Waals surface area contributed by atoms with E-state index in [1.807, 2.05) is 24.3 Å². The number of carbonyl (C=O) groups is 1. The molecule has 2 aromatic rings. The molecule has 0 aromatic heterocycles. The Morgan fingerprint density at radius 1 is 1.19 bits per heavy atom. The van der Waals surface area contributed by atoms with Crippen LogP contribution in [0.15, 0.2) is 42.5 Å². The number of nitro groups is 1. The standard InChI is InChI=1S/C22H23ClFN3O4/c23-15-3-1-14(2-4-15)12-26-18-6-7-19(26)11-17(10-18)25-22(28)13-31-21-8-5-16(24)9-20(21)27(29)30/h1-5,8-9,17-19H,6-7,10-13H2,(H,25,28)/t17?,18-,19+. The Labute approximate surface area is 184 Å². The zero-order chi connectivity index (χ0) is 22.0. The van der Waals surface area contributed by atoms with Crippen molar-refractivity contribution in [3.63, 3.8) is 0 Å². The lowest BCUT2D eigenvalue weighted by molar-refractivity contribution is -0.386. The van der Waals surface area contributed by atoms with Gasteiger partial charge in [-0.3, -0.25) is 19.8 Å². The van der Waals surface area contributed by atoms with Gasteiger partial charge >= 0.3 is 5.69 Å². The van der Waals surface area contributed by atoms with Gasteiger partial charge in [-0.05, 0) is 55.5 Å². The van der Waals surface area contributed by atoms with Gasteiger partial charge < -0.3 is 10.1 Å². The zero-order valence-electron chi connectivity index (χ0n) is 16.8. The largest absolute Gasteiger partial charge is 0.477 e. The molecule has 164 valence electrons. The molecule has 2 fully saturated rings. The first-order chi connectivity index (χ1) is 14.9. The molecule has 1 unspecified atom stereocenters.